The van der Waals surface area contributed by atoms with Crippen molar-refractivity contribution in [3.05, 3.63) is 60.2 Å². The monoisotopic (exact) mass is 380 g/mol. The fraction of sp³-hybridized carbons (Fsp3) is 0.364. The molecular formula is C22H28N4O2. The van der Waals surface area contributed by atoms with E-state index in [1.807, 2.05) is 54.6 Å². The van der Waals surface area contributed by atoms with Crippen LogP contribution in [0.15, 0.2) is 59.6 Å². The molecule has 148 valence electrons. The summed E-state index contributed by atoms with van der Waals surface area (Å²) in [5.74, 6) is 2.57. The average molecular weight is 380 g/mol. The zero-order chi connectivity index (χ0) is 19.8. The number of nitrogens with one attached hydrogen (secondary N) is 1. The van der Waals surface area contributed by atoms with Gasteiger partial charge in [-0.3, -0.25) is 9.79 Å². The standard InChI is InChI=1S/C22H28N4O2/c1-24-22(26-13-5-6-18(16-26)14-21(23)27)25-15-17-9-11-20(12-10-17)28-19-7-3-2-4-8-19/h2-4,7-12,18H,5-6,13-16H2,1H3,(H2,23,27)(H,24,25). The van der Waals surface area contributed by atoms with Crippen LogP contribution in [0.25, 0.3) is 0 Å². The van der Waals surface area contributed by atoms with Gasteiger partial charge in [0.25, 0.3) is 0 Å². The molecule has 3 N–H and O–H groups in total. The second-order valence-electron chi connectivity index (χ2n) is 7.08. The first kappa shape index (κ1) is 19.7. The minimum Gasteiger partial charge on any atom is -0.457 e. The van der Waals surface area contributed by atoms with Gasteiger partial charge in [-0.05, 0) is 48.6 Å². The van der Waals surface area contributed by atoms with Crippen molar-refractivity contribution in [2.24, 2.45) is 16.6 Å². The number of aliphatic imine (C=N–C) groups is 1. The lowest BCUT2D eigenvalue weighted by Gasteiger charge is -2.34. The normalized spacial score (nSPS) is 17.2. The summed E-state index contributed by atoms with van der Waals surface area (Å²) < 4.78 is 5.83. The summed E-state index contributed by atoms with van der Waals surface area (Å²) in [6.45, 7) is 2.43. The van der Waals surface area contributed by atoms with E-state index in [1.165, 1.54) is 0 Å². The third kappa shape index (κ3) is 5.74. The number of nitrogens with zero attached hydrogens (tertiary/aromatic N) is 2. The fourth-order valence-corrected chi connectivity index (χ4v) is 3.52. The summed E-state index contributed by atoms with van der Waals surface area (Å²) in [7, 11) is 1.79. The van der Waals surface area contributed by atoms with Gasteiger partial charge < -0.3 is 20.7 Å². The lowest BCUT2D eigenvalue weighted by Crippen LogP contribution is -2.46. The van der Waals surface area contributed by atoms with Crippen LogP contribution in [0.5, 0.6) is 11.5 Å². The van der Waals surface area contributed by atoms with E-state index in [9.17, 15) is 4.79 Å². The third-order valence-corrected chi connectivity index (χ3v) is 4.87. The summed E-state index contributed by atoms with van der Waals surface area (Å²) >= 11 is 0. The van der Waals surface area contributed by atoms with Crippen molar-refractivity contribution in [3.8, 4) is 11.5 Å². The van der Waals surface area contributed by atoms with Gasteiger partial charge >= 0.3 is 0 Å². The van der Waals surface area contributed by atoms with Crippen molar-refractivity contribution in [2.45, 2.75) is 25.8 Å². The molecule has 3 rings (SSSR count). The van der Waals surface area contributed by atoms with Gasteiger partial charge in [0.05, 0.1) is 0 Å². The van der Waals surface area contributed by atoms with Crippen LogP contribution in [0.4, 0.5) is 0 Å². The van der Waals surface area contributed by atoms with Crippen LogP contribution < -0.4 is 15.8 Å². The first-order valence-corrected chi connectivity index (χ1v) is 9.70. The number of amides is 1. The molecule has 2 aromatic rings. The zero-order valence-corrected chi connectivity index (χ0v) is 16.3. The fourth-order valence-electron chi connectivity index (χ4n) is 3.52. The van der Waals surface area contributed by atoms with Gasteiger partial charge in [0, 0.05) is 33.1 Å². The molecule has 0 aliphatic carbocycles. The Balaban J connectivity index is 1.52. The number of piperidine rings is 1. The molecule has 1 unspecified atom stereocenters. The lowest BCUT2D eigenvalue weighted by molar-refractivity contribution is -0.119. The molecule has 1 heterocycles. The van der Waals surface area contributed by atoms with E-state index in [0.717, 1.165) is 49.0 Å². The molecule has 0 spiro atoms. The minimum absolute atomic E-state index is 0.229. The van der Waals surface area contributed by atoms with Crippen molar-refractivity contribution in [2.75, 3.05) is 20.1 Å². The molecule has 1 saturated heterocycles. The number of carbonyl (C=O) groups excluding carboxylic acids is 1. The average Bonchev–Trinajstić information content (AvgIpc) is 2.70. The largest absolute Gasteiger partial charge is 0.457 e. The van der Waals surface area contributed by atoms with E-state index in [4.69, 9.17) is 10.5 Å². The van der Waals surface area contributed by atoms with Gasteiger partial charge in [0.2, 0.25) is 5.91 Å². The summed E-state index contributed by atoms with van der Waals surface area (Å²) in [6, 6.07) is 17.8. The second kappa shape index (κ2) is 9.78. The summed E-state index contributed by atoms with van der Waals surface area (Å²) in [5.41, 5.74) is 6.50. The molecule has 0 bridgehead atoms. The molecule has 28 heavy (non-hydrogen) atoms. The Kier molecular flexibility index (Phi) is 6.89. The van der Waals surface area contributed by atoms with Crippen LogP contribution in [0.1, 0.15) is 24.8 Å². The van der Waals surface area contributed by atoms with Gasteiger partial charge in [-0.2, -0.15) is 0 Å². The number of para-hydroxylation sites is 1. The van der Waals surface area contributed by atoms with Crippen molar-refractivity contribution in [1.29, 1.82) is 0 Å². The van der Waals surface area contributed by atoms with Gasteiger partial charge in [-0.25, -0.2) is 0 Å². The van der Waals surface area contributed by atoms with Crippen LogP contribution in [0, 0.1) is 5.92 Å². The topological polar surface area (TPSA) is 80.0 Å². The van der Waals surface area contributed by atoms with E-state index in [0.29, 0.717) is 18.9 Å². The van der Waals surface area contributed by atoms with E-state index in [-0.39, 0.29) is 5.91 Å². The number of carbonyl (C=O) groups is 1. The summed E-state index contributed by atoms with van der Waals surface area (Å²) in [5, 5.41) is 3.42. The molecule has 0 saturated carbocycles. The molecule has 1 fully saturated rings. The van der Waals surface area contributed by atoms with E-state index in [2.05, 4.69) is 15.2 Å². The SMILES string of the molecule is CN=C(NCc1ccc(Oc2ccccc2)cc1)N1CCCC(CC(N)=O)C1. The highest BCUT2D eigenvalue weighted by Crippen LogP contribution is 2.22. The number of hydrogen-bond acceptors (Lipinski definition) is 3. The highest BCUT2D eigenvalue weighted by Gasteiger charge is 2.23. The Morgan fingerprint density at radius 3 is 2.57 bits per heavy atom. The van der Waals surface area contributed by atoms with Crippen molar-refractivity contribution in [3.63, 3.8) is 0 Å². The van der Waals surface area contributed by atoms with Crippen LogP contribution in [0.2, 0.25) is 0 Å². The first-order chi connectivity index (χ1) is 13.6. The first-order valence-electron chi connectivity index (χ1n) is 9.70. The molecule has 0 radical (unpaired) electrons. The van der Waals surface area contributed by atoms with E-state index < -0.39 is 0 Å². The molecular weight excluding hydrogens is 352 g/mol. The molecule has 1 amide bonds. The van der Waals surface area contributed by atoms with Gasteiger partial charge in [-0.1, -0.05) is 30.3 Å². The number of primary amides is 1. The predicted molar refractivity (Wildman–Crippen MR) is 111 cm³/mol. The highest BCUT2D eigenvalue weighted by atomic mass is 16.5. The minimum atomic E-state index is -0.229. The number of rotatable bonds is 6. The number of likely N-dealkylation sites (tertiary alicyclic amines) is 1. The van der Waals surface area contributed by atoms with Gasteiger partial charge in [-0.15, -0.1) is 0 Å². The lowest BCUT2D eigenvalue weighted by atomic mass is 9.95. The van der Waals surface area contributed by atoms with Crippen LogP contribution in [-0.2, 0) is 11.3 Å². The quantitative estimate of drug-likeness (QED) is 0.596. The number of nitrogens with two attached hydrogens (primary N) is 1. The molecule has 1 aliphatic rings. The smallest absolute Gasteiger partial charge is 0.217 e. The van der Waals surface area contributed by atoms with Crippen LogP contribution in [0.3, 0.4) is 0 Å². The number of hydrogen-bond donors (Lipinski definition) is 2. The van der Waals surface area contributed by atoms with Crippen molar-refractivity contribution < 1.29 is 9.53 Å². The highest BCUT2D eigenvalue weighted by molar-refractivity contribution is 5.80. The maximum absolute atomic E-state index is 11.2. The number of benzene rings is 2. The second-order valence-corrected chi connectivity index (χ2v) is 7.08. The Morgan fingerprint density at radius 1 is 1.18 bits per heavy atom. The predicted octanol–water partition coefficient (Wildman–Crippen LogP) is 3.14. The number of ether oxygens (including phenoxy) is 1. The summed E-state index contributed by atoms with van der Waals surface area (Å²) in [4.78, 5) is 17.8. The van der Waals surface area contributed by atoms with Gasteiger partial charge in [0.1, 0.15) is 11.5 Å². The Labute approximate surface area is 166 Å². The maximum atomic E-state index is 11.2. The zero-order valence-electron chi connectivity index (χ0n) is 16.3. The van der Waals surface area contributed by atoms with Crippen molar-refractivity contribution in [1.82, 2.24) is 10.2 Å². The van der Waals surface area contributed by atoms with Crippen molar-refractivity contribution >= 4 is 11.9 Å². The maximum Gasteiger partial charge on any atom is 0.217 e. The Bertz CT molecular complexity index is 790. The molecule has 6 heteroatoms. The van der Waals surface area contributed by atoms with Crippen LogP contribution >= 0.6 is 0 Å². The molecule has 2 aromatic carbocycles. The van der Waals surface area contributed by atoms with E-state index >= 15 is 0 Å². The van der Waals surface area contributed by atoms with Crippen LogP contribution in [-0.4, -0.2) is 36.9 Å². The Morgan fingerprint density at radius 2 is 1.89 bits per heavy atom. The molecule has 0 aromatic heterocycles. The third-order valence-electron chi connectivity index (χ3n) is 4.87. The Hall–Kier alpha value is -3.02. The molecule has 6 nitrogen and oxygen atoms in total. The summed E-state index contributed by atoms with van der Waals surface area (Å²) in [6.07, 6.45) is 2.53. The number of guanidine groups is 1. The molecule has 1 aliphatic heterocycles. The molecule has 1 atom stereocenters. The van der Waals surface area contributed by atoms with Gasteiger partial charge in [0.15, 0.2) is 5.96 Å². The van der Waals surface area contributed by atoms with E-state index in [1.54, 1.807) is 7.05 Å².